The Hall–Kier alpha value is -1.56. The van der Waals surface area contributed by atoms with Crippen molar-refractivity contribution in [2.75, 3.05) is 17.2 Å². The number of anilines is 2. The van der Waals surface area contributed by atoms with Crippen molar-refractivity contribution in [2.45, 2.75) is 20.8 Å². The van der Waals surface area contributed by atoms with Crippen LogP contribution in [0.3, 0.4) is 0 Å². The minimum atomic E-state index is -0.0401. The number of rotatable bonds is 4. The molecule has 0 saturated heterocycles. The van der Waals surface area contributed by atoms with Gasteiger partial charge < -0.3 is 10.6 Å². The number of amides is 1. The third-order valence-electron chi connectivity index (χ3n) is 3.51. The second kappa shape index (κ2) is 6.93. The van der Waals surface area contributed by atoms with Crippen molar-refractivity contribution >= 4 is 39.9 Å². The molecule has 0 heterocycles. The molecule has 0 aliphatic heterocycles. The van der Waals surface area contributed by atoms with Crippen LogP contribution in [0, 0.1) is 24.3 Å². The average Bonchev–Trinajstić information content (AvgIpc) is 2.43. The lowest BCUT2D eigenvalue weighted by molar-refractivity contribution is -0.114. The number of carbonyl (C=O) groups is 1. The summed E-state index contributed by atoms with van der Waals surface area (Å²) >= 11 is 2.28. The fourth-order valence-electron chi connectivity index (χ4n) is 2.08. The Morgan fingerprint density at radius 2 is 1.81 bits per heavy atom. The van der Waals surface area contributed by atoms with Gasteiger partial charge in [0.1, 0.15) is 0 Å². The molecule has 0 atom stereocenters. The zero-order valence-electron chi connectivity index (χ0n) is 12.5. The minimum Gasteiger partial charge on any atom is -0.376 e. The maximum absolute atomic E-state index is 12.1. The third-order valence-corrected chi connectivity index (χ3v) is 4.18. The van der Waals surface area contributed by atoms with Crippen molar-refractivity contribution in [2.24, 2.45) is 0 Å². The first-order chi connectivity index (χ1) is 9.97. The van der Waals surface area contributed by atoms with Crippen molar-refractivity contribution in [3.8, 4) is 0 Å². The van der Waals surface area contributed by atoms with Gasteiger partial charge in [0.15, 0.2) is 0 Å². The number of hydrogen-bond acceptors (Lipinski definition) is 2. The SMILES string of the molecule is Cc1cc(I)ccc1NCC(=O)Nc1cccc(C)c1C. The van der Waals surface area contributed by atoms with E-state index < -0.39 is 0 Å². The third kappa shape index (κ3) is 4.20. The minimum absolute atomic E-state index is 0.0401. The van der Waals surface area contributed by atoms with Crippen LogP contribution in [0.2, 0.25) is 0 Å². The predicted molar refractivity (Wildman–Crippen MR) is 96.9 cm³/mol. The van der Waals surface area contributed by atoms with E-state index in [2.05, 4.69) is 39.3 Å². The molecule has 1 amide bonds. The normalized spacial score (nSPS) is 10.3. The van der Waals surface area contributed by atoms with Crippen LogP contribution in [0.15, 0.2) is 36.4 Å². The first-order valence-corrected chi connectivity index (χ1v) is 7.91. The first-order valence-electron chi connectivity index (χ1n) is 6.83. The van der Waals surface area contributed by atoms with Crippen molar-refractivity contribution in [1.82, 2.24) is 0 Å². The summed E-state index contributed by atoms with van der Waals surface area (Å²) in [6.07, 6.45) is 0. The molecule has 0 aromatic heterocycles. The van der Waals surface area contributed by atoms with Gasteiger partial charge in [-0.05, 0) is 84.3 Å². The second-order valence-corrected chi connectivity index (χ2v) is 6.35. The molecule has 4 heteroatoms. The fourth-order valence-corrected chi connectivity index (χ4v) is 2.73. The van der Waals surface area contributed by atoms with Crippen LogP contribution in [-0.4, -0.2) is 12.5 Å². The highest BCUT2D eigenvalue weighted by atomic mass is 127. The van der Waals surface area contributed by atoms with E-state index in [4.69, 9.17) is 0 Å². The van der Waals surface area contributed by atoms with Gasteiger partial charge in [0.2, 0.25) is 5.91 Å². The molecule has 2 aromatic carbocycles. The molecular formula is C17H19IN2O. The standard InChI is InChI=1S/C17H19IN2O/c1-11-5-4-6-16(13(11)3)20-17(21)10-19-15-8-7-14(18)9-12(15)2/h4-9,19H,10H2,1-3H3,(H,20,21). The molecule has 0 bridgehead atoms. The topological polar surface area (TPSA) is 41.1 Å². The highest BCUT2D eigenvalue weighted by Gasteiger charge is 2.06. The Bertz CT molecular complexity index is 668. The van der Waals surface area contributed by atoms with E-state index in [0.29, 0.717) is 0 Å². The summed E-state index contributed by atoms with van der Waals surface area (Å²) in [6, 6.07) is 12.0. The zero-order valence-corrected chi connectivity index (χ0v) is 14.6. The highest BCUT2D eigenvalue weighted by Crippen LogP contribution is 2.19. The van der Waals surface area contributed by atoms with Crippen LogP contribution in [0.25, 0.3) is 0 Å². The molecule has 0 saturated carbocycles. The predicted octanol–water partition coefficient (Wildman–Crippen LogP) is 4.27. The van der Waals surface area contributed by atoms with E-state index in [1.165, 1.54) is 9.13 Å². The molecule has 110 valence electrons. The lowest BCUT2D eigenvalue weighted by atomic mass is 10.1. The van der Waals surface area contributed by atoms with Crippen molar-refractivity contribution in [3.05, 3.63) is 56.7 Å². The Labute approximate surface area is 139 Å². The summed E-state index contributed by atoms with van der Waals surface area (Å²) < 4.78 is 1.19. The van der Waals surface area contributed by atoms with Gasteiger partial charge in [0.05, 0.1) is 6.54 Å². The molecule has 2 N–H and O–H groups in total. The molecule has 0 aliphatic carbocycles. The van der Waals surface area contributed by atoms with Gasteiger partial charge >= 0.3 is 0 Å². The van der Waals surface area contributed by atoms with E-state index >= 15 is 0 Å². The van der Waals surface area contributed by atoms with Crippen LogP contribution >= 0.6 is 22.6 Å². The van der Waals surface area contributed by atoms with Crippen LogP contribution in [-0.2, 0) is 4.79 Å². The lowest BCUT2D eigenvalue weighted by Gasteiger charge is -2.12. The quantitative estimate of drug-likeness (QED) is 0.761. The van der Waals surface area contributed by atoms with Gasteiger partial charge in [-0.25, -0.2) is 0 Å². The maximum atomic E-state index is 12.1. The number of benzene rings is 2. The van der Waals surface area contributed by atoms with E-state index in [-0.39, 0.29) is 12.5 Å². The molecule has 2 rings (SSSR count). The Kier molecular flexibility index (Phi) is 5.22. The molecule has 0 aliphatic rings. The van der Waals surface area contributed by atoms with E-state index in [1.807, 2.05) is 51.1 Å². The smallest absolute Gasteiger partial charge is 0.243 e. The molecule has 21 heavy (non-hydrogen) atoms. The fraction of sp³-hybridized carbons (Fsp3) is 0.235. The van der Waals surface area contributed by atoms with Gasteiger partial charge in [-0.3, -0.25) is 4.79 Å². The highest BCUT2D eigenvalue weighted by molar-refractivity contribution is 14.1. The van der Waals surface area contributed by atoms with Gasteiger partial charge in [-0.1, -0.05) is 12.1 Å². The van der Waals surface area contributed by atoms with Gasteiger partial charge in [0, 0.05) is 14.9 Å². The molecular weight excluding hydrogens is 375 g/mol. The second-order valence-electron chi connectivity index (χ2n) is 5.11. The monoisotopic (exact) mass is 394 g/mol. The van der Waals surface area contributed by atoms with Crippen molar-refractivity contribution < 1.29 is 4.79 Å². The summed E-state index contributed by atoms with van der Waals surface area (Å²) in [6.45, 7) is 6.35. The maximum Gasteiger partial charge on any atom is 0.243 e. The van der Waals surface area contributed by atoms with E-state index in [0.717, 1.165) is 22.5 Å². The van der Waals surface area contributed by atoms with E-state index in [9.17, 15) is 4.79 Å². The van der Waals surface area contributed by atoms with Crippen LogP contribution in [0.1, 0.15) is 16.7 Å². The van der Waals surface area contributed by atoms with Gasteiger partial charge in [-0.2, -0.15) is 0 Å². The summed E-state index contributed by atoms with van der Waals surface area (Å²) in [7, 11) is 0. The number of aryl methyl sites for hydroxylation is 2. The first kappa shape index (κ1) is 15.8. The summed E-state index contributed by atoms with van der Waals surface area (Å²) in [5.41, 5.74) is 5.29. The molecule has 0 fully saturated rings. The average molecular weight is 394 g/mol. The number of hydrogen-bond donors (Lipinski definition) is 2. The van der Waals surface area contributed by atoms with Crippen LogP contribution < -0.4 is 10.6 Å². The van der Waals surface area contributed by atoms with Crippen LogP contribution in [0.5, 0.6) is 0 Å². The molecule has 3 nitrogen and oxygen atoms in total. The summed E-state index contributed by atoms with van der Waals surface area (Å²) in [5, 5.41) is 6.13. The number of carbonyl (C=O) groups excluding carboxylic acids is 1. The molecule has 0 spiro atoms. The Morgan fingerprint density at radius 3 is 2.52 bits per heavy atom. The molecule has 0 unspecified atom stereocenters. The van der Waals surface area contributed by atoms with Crippen LogP contribution in [0.4, 0.5) is 11.4 Å². The van der Waals surface area contributed by atoms with Crippen molar-refractivity contribution in [3.63, 3.8) is 0 Å². The Morgan fingerprint density at radius 1 is 1.05 bits per heavy atom. The Balaban J connectivity index is 1.97. The van der Waals surface area contributed by atoms with E-state index in [1.54, 1.807) is 0 Å². The largest absolute Gasteiger partial charge is 0.376 e. The summed E-state index contributed by atoms with van der Waals surface area (Å²) in [4.78, 5) is 12.1. The number of halogens is 1. The zero-order chi connectivity index (χ0) is 15.4. The lowest BCUT2D eigenvalue weighted by Crippen LogP contribution is -2.22. The molecule has 0 radical (unpaired) electrons. The molecule has 2 aromatic rings. The van der Waals surface area contributed by atoms with Gasteiger partial charge in [0.25, 0.3) is 0 Å². The van der Waals surface area contributed by atoms with Crippen molar-refractivity contribution in [1.29, 1.82) is 0 Å². The summed E-state index contributed by atoms with van der Waals surface area (Å²) in [5.74, 6) is -0.0401. The number of nitrogens with one attached hydrogen (secondary N) is 2. The van der Waals surface area contributed by atoms with Gasteiger partial charge in [-0.15, -0.1) is 0 Å².